The number of nitrogens with one attached hydrogen (secondary N) is 1. The Balaban J connectivity index is 1.14. The van der Waals surface area contributed by atoms with Gasteiger partial charge in [-0.25, -0.2) is 9.97 Å². The Morgan fingerprint density at radius 2 is 1.78 bits per heavy atom. The number of anilines is 1. The van der Waals surface area contributed by atoms with E-state index in [2.05, 4.69) is 50.5 Å². The third-order valence-electron chi connectivity index (χ3n) is 7.85. The predicted molar refractivity (Wildman–Crippen MR) is 130 cm³/mol. The van der Waals surface area contributed by atoms with E-state index in [0.717, 1.165) is 33.8 Å². The maximum absolute atomic E-state index is 12.9. The number of rotatable bonds is 6. The zero-order valence-corrected chi connectivity index (χ0v) is 19.4. The number of hydrogen-bond donors (Lipinski definition) is 1. The molecule has 0 spiro atoms. The van der Waals surface area contributed by atoms with Crippen molar-refractivity contribution in [2.24, 2.45) is 17.8 Å². The molecule has 5 nitrogen and oxygen atoms in total. The minimum atomic E-state index is 0.0878. The van der Waals surface area contributed by atoms with Gasteiger partial charge in [0.15, 0.2) is 0 Å². The number of nitrogens with zero attached hydrogens (tertiary/aromatic N) is 3. The zero-order valence-electron chi connectivity index (χ0n) is 18.6. The SMILES string of the molecule is CN(CCC(=O)NC12CC3CC(CC(C3)C1)C2)c1ncnc2sc(-c3ccccc3)cc12. The first-order valence-corrected chi connectivity index (χ1v) is 12.7. The summed E-state index contributed by atoms with van der Waals surface area (Å²) in [4.78, 5) is 26.3. The van der Waals surface area contributed by atoms with Crippen molar-refractivity contribution >= 4 is 33.3 Å². The highest BCUT2D eigenvalue weighted by Gasteiger charge is 2.51. The molecule has 4 fully saturated rings. The average molecular weight is 447 g/mol. The van der Waals surface area contributed by atoms with Gasteiger partial charge in [-0.2, -0.15) is 0 Å². The molecule has 2 heterocycles. The van der Waals surface area contributed by atoms with E-state index in [1.54, 1.807) is 17.7 Å². The fraction of sp³-hybridized carbons (Fsp3) is 0.500. The van der Waals surface area contributed by atoms with Crippen molar-refractivity contribution in [1.82, 2.24) is 15.3 Å². The second-order valence-corrected chi connectivity index (χ2v) is 11.3. The minimum absolute atomic E-state index is 0.0878. The molecule has 2 aromatic heterocycles. The first-order valence-electron chi connectivity index (χ1n) is 11.9. The quantitative estimate of drug-likeness (QED) is 0.560. The van der Waals surface area contributed by atoms with Crippen LogP contribution in [-0.4, -0.2) is 35.0 Å². The molecule has 0 saturated heterocycles. The molecule has 1 aromatic carbocycles. The largest absolute Gasteiger partial charge is 0.359 e. The molecule has 0 aliphatic heterocycles. The number of carbonyl (C=O) groups is 1. The predicted octanol–water partition coefficient (Wildman–Crippen LogP) is 5.27. The molecule has 166 valence electrons. The lowest BCUT2D eigenvalue weighted by atomic mass is 9.53. The van der Waals surface area contributed by atoms with Gasteiger partial charge in [-0.1, -0.05) is 30.3 Å². The van der Waals surface area contributed by atoms with Crippen LogP contribution < -0.4 is 10.2 Å². The third kappa shape index (κ3) is 3.68. The number of carbonyl (C=O) groups excluding carboxylic acids is 1. The van der Waals surface area contributed by atoms with E-state index in [9.17, 15) is 4.79 Å². The molecule has 4 saturated carbocycles. The smallest absolute Gasteiger partial charge is 0.222 e. The van der Waals surface area contributed by atoms with Gasteiger partial charge in [0.25, 0.3) is 0 Å². The highest BCUT2D eigenvalue weighted by molar-refractivity contribution is 7.21. The van der Waals surface area contributed by atoms with E-state index in [4.69, 9.17) is 0 Å². The van der Waals surface area contributed by atoms with Gasteiger partial charge in [-0.05, 0) is 67.9 Å². The van der Waals surface area contributed by atoms with Gasteiger partial charge >= 0.3 is 0 Å². The van der Waals surface area contributed by atoms with Gasteiger partial charge in [-0.3, -0.25) is 4.79 Å². The highest BCUT2D eigenvalue weighted by atomic mass is 32.1. The van der Waals surface area contributed by atoms with Crippen molar-refractivity contribution in [3.05, 3.63) is 42.7 Å². The number of benzene rings is 1. The molecular weight excluding hydrogens is 416 g/mol. The summed E-state index contributed by atoms with van der Waals surface area (Å²) in [6.07, 6.45) is 9.92. The van der Waals surface area contributed by atoms with E-state index in [0.29, 0.717) is 13.0 Å². The summed E-state index contributed by atoms with van der Waals surface area (Å²) in [6, 6.07) is 12.6. The lowest BCUT2D eigenvalue weighted by molar-refractivity contribution is -0.126. The molecule has 0 atom stereocenters. The van der Waals surface area contributed by atoms with Gasteiger partial charge in [0.1, 0.15) is 17.0 Å². The van der Waals surface area contributed by atoms with Gasteiger partial charge in [0.05, 0.1) is 5.39 Å². The number of aromatic nitrogens is 2. The van der Waals surface area contributed by atoms with Crippen LogP contribution in [0.3, 0.4) is 0 Å². The van der Waals surface area contributed by atoms with Crippen LogP contribution in [-0.2, 0) is 4.79 Å². The van der Waals surface area contributed by atoms with E-state index >= 15 is 0 Å². The minimum Gasteiger partial charge on any atom is -0.359 e. The molecule has 32 heavy (non-hydrogen) atoms. The first kappa shape index (κ1) is 20.2. The molecule has 4 bridgehead atoms. The van der Waals surface area contributed by atoms with Gasteiger partial charge in [-0.15, -0.1) is 11.3 Å². The number of amides is 1. The van der Waals surface area contributed by atoms with Crippen LogP contribution in [0.4, 0.5) is 5.82 Å². The molecule has 0 unspecified atom stereocenters. The molecule has 7 rings (SSSR count). The summed E-state index contributed by atoms with van der Waals surface area (Å²) in [7, 11) is 2.03. The van der Waals surface area contributed by atoms with Crippen molar-refractivity contribution < 1.29 is 4.79 Å². The van der Waals surface area contributed by atoms with Crippen LogP contribution in [0, 0.1) is 17.8 Å². The molecule has 4 aliphatic rings. The normalized spacial score (nSPS) is 28.2. The van der Waals surface area contributed by atoms with Gasteiger partial charge < -0.3 is 10.2 Å². The van der Waals surface area contributed by atoms with Crippen LogP contribution in [0.1, 0.15) is 44.9 Å². The molecule has 0 radical (unpaired) electrons. The third-order valence-corrected chi connectivity index (χ3v) is 8.94. The van der Waals surface area contributed by atoms with Crippen molar-refractivity contribution in [3.8, 4) is 10.4 Å². The molecule has 3 aromatic rings. The van der Waals surface area contributed by atoms with E-state index in [1.807, 2.05) is 13.1 Å². The van der Waals surface area contributed by atoms with Crippen LogP contribution in [0.25, 0.3) is 20.7 Å². The average Bonchev–Trinajstić information content (AvgIpc) is 3.21. The topological polar surface area (TPSA) is 58.1 Å². The maximum atomic E-state index is 12.9. The van der Waals surface area contributed by atoms with Crippen molar-refractivity contribution in [3.63, 3.8) is 0 Å². The van der Waals surface area contributed by atoms with Crippen LogP contribution in [0.5, 0.6) is 0 Å². The summed E-state index contributed by atoms with van der Waals surface area (Å²) in [6.45, 7) is 0.654. The number of thiophene rings is 1. The van der Waals surface area contributed by atoms with Crippen molar-refractivity contribution in [1.29, 1.82) is 0 Å². The van der Waals surface area contributed by atoms with Gasteiger partial charge in [0, 0.05) is 30.4 Å². The van der Waals surface area contributed by atoms with Crippen LogP contribution >= 0.6 is 11.3 Å². The zero-order chi connectivity index (χ0) is 21.7. The molecule has 4 aliphatic carbocycles. The Morgan fingerprint density at radius 3 is 2.47 bits per heavy atom. The number of fused-ring (bicyclic) bond motifs is 1. The summed E-state index contributed by atoms with van der Waals surface area (Å²) >= 11 is 1.69. The van der Waals surface area contributed by atoms with Crippen molar-refractivity contribution in [2.45, 2.75) is 50.5 Å². The molecule has 1 N–H and O–H groups in total. The molecular formula is C26H30N4OS. The highest BCUT2D eigenvalue weighted by Crippen LogP contribution is 2.55. The fourth-order valence-electron chi connectivity index (χ4n) is 6.89. The Morgan fingerprint density at radius 1 is 1.09 bits per heavy atom. The summed E-state index contributed by atoms with van der Waals surface area (Å²) in [5.41, 5.74) is 1.28. The van der Waals surface area contributed by atoms with Crippen LogP contribution in [0.2, 0.25) is 0 Å². The lowest BCUT2D eigenvalue weighted by Crippen LogP contribution is -2.60. The standard InChI is InChI=1S/C26H30N4OS/c1-30(8-7-23(31)29-26-13-17-9-18(14-26)11-19(10-17)15-26)24-21-12-22(20-5-3-2-4-6-20)32-25(21)28-16-27-24/h2-6,12,16-19H,7-11,13-15H2,1H3,(H,29,31). The molecule has 6 heteroatoms. The van der Waals surface area contributed by atoms with Crippen LogP contribution in [0.15, 0.2) is 42.7 Å². The number of hydrogen-bond acceptors (Lipinski definition) is 5. The Labute approximate surface area is 193 Å². The Bertz CT molecular complexity index is 1110. The van der Waals surface area contributed by atoms with E-state index in [-0.39, 0.29) is 11.4 Å². The Kier molecular flexibility index (Phi) is 4.94. The molecule has 1 amide bonds. The van der Waals surface area contributed by atoms with Crippen molar-refractivity contribution in [2.75, 3.05) is 18.5 Å². The summed E-state index contributed by atoms with van der Waals surface area (Å²) in [5.74, 6) is 3.62. The first-order chi connectivity index (χ1) is 15.6. The second-order valence-electron chi connectivity index (χ2n) is 10.3. The van der Waals surface area contributed by atoms with E-state index < -0.39 is 0 Å². The summed E-state index contributed by atoms with van der Waals surface area (Å²) < 4.78 is 0. The van der Waals surface area contributed by atoms with E-state index in [1.165, 1.54) is 49.0 Å². The monoisotopic (exact) mass is 446 g/mol. The second kappa shape index (κ2) is 7.84. The van der Waals surface area contributed by atoms with Gasteiger partial charge in [0.2, 0.25) is 5.91 Å². The summed E-state index contributed by atoms with van der Waals surface area (Å²) in [5, 5.41) is 4.55. The maximum Gasteiger partial charge on any atom is 0.222 e. The lowest BCUT2D eigenvalue weighted by Gasteiger charge is -2.57. The Hall–Kier alpha value is -2.47. The fourth-order valence-corrected chi connectivity index (χ4v) is 7.89.